The average molecular weight is 395 g/mol. The van der Waals surface area contributed by atoms with Crippen molar-refractivity contribution in [2.75, 3.05) is 22.1 Å². The molecule has 4 rings (SSSR count). The van der Waals surface area contributed by atoms with Crippen molar-refractivity contribution < 1.29 is 18.8 Å². The normalized spacial score (nSPS) is 16.3. The van der Waals surface area contributed by atoms with Crippen LogP contribution in [-0.4, -0.2) is 34.5 Å². The predicted octanol–water partition coefficient (Wildman–Crippen LogP) is 2.65. The van der Waals surface area contributed by atoms with Gasteiger partial charge in [-0.15, -0.1) is 0 Å². The quantitative estimate of drug-likeness (QED) is 0.631. The number of benzene rings is 2. The molecule has 1 atom stereocenters. The summed E-state index contributed by atoms with van der Waals surface area (Å²) in [6, 6.07) is 11.2. The van der Waals surface area contributed by atoms with Gasteiger partial charge in [0.25, 0.3) is 0 Å². The van der Waals surface area contributed by atoms with Crippen molar-refractivity contribution in [3.8, 4) is 0 Å². The molecule has 3 N–H and O–H groups in total. The van der Waals surface area contributed by atoms with Crippen LogP contribution in [0.4, 0.5) is 21.6 Å². The number of nitrogens with one attached hydrogen (secondary N) is 3. The molecule has 1 aliphatic heterocycles. The lowest BCUT2D eigenvalue weighted by Gasteiger charge is -2.15. The van der Waals surface area contributed by atoms with E-state index < -0.39 is 11.7 Å². The Balaban J connectivity index is 1.50. The first-order valence-electron chi connectivity index (χ1n) is 9.04. The topological polar surface area (TPSA) is 107 Å². The monoisotopic (exact) mass is 395 g/mol. The number of aromatic nitrogens is 2. The third-order valence-corrected chi connectivity index (χ3v) is 4.72. The molecule has 0 bridgehead atoms. The van der Waals surface area contributed by atoms with Crippen LogP contribution in [0.2, 0.25) is 0 Å². The van der Waals surface area contributed by atoms with Gasteiger partial charge in [0.15, 0.2) is 5.82 Å². The van der Waals surface area contributed by atoms with Crippen LogP contribution in [0.25, 0.3) is 10.9 Å². The number of hydrogen-bond donors (Lipinski definition) is 3. The van der Waals surface area contributed by atoms with Gasteiger partial charge < -0.3 is 10.6 Å². The van der Waals surface area contributed by atoms with Gasteiger partial charge in [-0.25, -0.2) is 4.39 Å². The van der Waals surface area contributed by atoms with E-state index in [0.29, 0.717) is 16.9 Å². The molecule has 1 aromatic heterocycles. The Kier molecular flexibility index (Phi) is 4.71. The molecule has 2 aromatic carbocycles. The first-order valence-corrected chi connectivity index (χ1v) is 9.04. The highest BCUT2D eigenvalue weighted by Gasteiger charge is 2.37. The Morgan fingerprint density at radius 2 is 1.90 bits per heavy atom. The molecule has 1 fully saturated rings. The van der Waals surface area contributed by atoms with Gasteiger partial charge in [0, 0.05) is 31.3 Å². The number of rotatable bonds is 4. The van der Waals surface area contributed by atoms with E-state index in [1.807, 2.05) is 0 Å². The van der Waals surface area contributed by atoms with Gasteiger partial charge in [-0.1, -0.05) is 12.1 Å². The van der Waals surface area contributed by atoms with E-state index in [1.54, 1.807) is 36.4 Å². The van der Waals surface area contributed by atoms with Crippen molar-refractivity contribution in [3.05, 3.63) is 48.3 Å². The number of fused-ring (bicyclic) bond motifs is 1. The van der Waals surface area contributed by atoms with Crippen molar-refractivity contribution in [1.29, 1.82) is 0 Å². The van der Waals surface area contributed by atoms with E-state index in [2.05, 4.69) is 20.8 Å². The largest absolute Gasteiger partial charge is 0.326 e. The van der Waals surface area contributed by atoms with Crippen LogP contribution in [0.1, 0.15) is 13.3 Å². The molecule has 3 aromatic rings. The third-order valence-electron chi connectivity index (χ3n) is 4.72. The molecule has 8 nitrogen and oxygen atoms in total. The van der Waals surface area contributed by atoms with Crippen molar-refractivity contribution in [3.63, 3.8) is 0 Å². The summed E-state index contributed by atoms with van der Waals surface area (Å²) in [7, 11) is 0. The molecule has 0 spiro atoms. The Hall–Kier alpha value is -3.75. The van der Waals surface area contributed by atoms with Gasteiger partial charge in [0.05, 0.1) is 16.8 Å². The average Bonchev–Trinajstić information content (AvgIpc) is 3.25. The van der Waals surface area contributed by atoms with Crippen LogP contribution in [0, 0.1) is 11.7 Å². The van der Waals surface area contributed by atoms with Crippen molar-refractivity contribution in [2.24, 2.45) is 5.92 Å². The maximum Gasteiger partial charge on any atom is 0.229 e. The molecule has 0 saturated carbocycles. The number of amides is 3. The maximum atomic E-state index is 14.2. The zero-order valence-electron chi connectivity index (χ0n) is 15.5. The molecular formula is C20H18FN5O3. The summed E-state index contributed by atoms with van der Waals surface area (Å²) >= 11 is 0. The highest BCUT2D eigenvalue weighted by atomic mass is 19.1. The van der Waals surface area contributed by atoms with Gasteiger partial charge >= 0.3 is 0 Å². The summed E-state index contributed by atoms with van der Waals surface area (Å²) in [5.41, 5.74) is 1.54. The number of carbonyl (C=O) groups is 3. The summed E-state index contributed by atoms with van der Waals surface area (Å²) in [5.74, 6) is -1.75. The highest BCUT2D eigenvalue weighted by molar-refractivity contribution is 6.07. The highest BCUT2D eigenvalue weighted by Crippen LogP contribution is 2.31. The van der Waals surface area contributed by atoms with Gasteiger partial charge in [0.2, 0.25) is 17.7 Å². The number of halogens is 1. The van der Waals surface area contributed by atoms with Crippen LogP contribution in [0.5, 0.6) is 0 Å². The van der Waals surface area contributed by atoms with E-state index in [1.165, 1.54) is 17.9 Å². The van der Waals surface area contributed by atoms with E-state index >= 15 is 0 Å². The van der Waals surface area contributed by atoms with Crippen LogP contribution in [0.15, 0.2) is 42.5 Å². The van der Waals surface area contributed by atoms with Gasteiger partial charge in [-0.05, 0) is 30.3 Å². The van der Waals surface area contributed by atoms with E-state index in [4.69, 9.17) is 0 Å². The summed E-state index contributed by atoms with van der Waals surface area (Å²) < 4.78 is 14.2. The van der Waals surface area contributed by atoms with E-state index in [9.17, 15) is 18.8 Å². The van der Waals surface area contributed by atoms with Crippen molar-refractivity contribution in [2.45, 2.75) is 13.3 Å². The van der Waals surface area contributed by atoms with E-state index in [0.717, 1.165) is 0 Å². The minimum absolute atomic E-state index is 0.0000257. The molecule has 148 valence electrons. The lowest BCUT2D eigenvalue weighted by molar-refractivity contribution is -0.122. The molecule has 29 heavy (non-hydrogen) atoms. The standard InChI is InChI=1S/C20H18FN5O3/c1-11(27)22-13-4-2-5-14(9-13)23-20(29)12-8-17(28)26(10-12)19-18-15(21)6-3-7-16(18)24-25-19/h2-7,9,12H,8,10H2,1H3,(H,22,27)(H,23,29)(H,24,25)/t12-/m1/s1. The second-order valence-electron chi connectivity index (χ2n) is 6.87. The van der Waals surface area contributed by atoms with Gasteiger partial charge in [-0.3, -0.25) is 24.4 Å². The van der Waals surface area contributed by atoms with Crippen LogP contribution >= 0.6 is 0 Å². The smallest absolute Gasteiger partial charge is 0.229 e. The van der Waals surface area contributed by atoms with Crippen LogP contribution < -0.4 is 15.5 Å². The Labute approximate surface area is 165 Å². The molecule has 9 heteroatoms. The molecule has 1 saturated heterocycles. The molecule has 0 aliphatic carbocycles. The second kappa shape index (κ2) is 7.34. The number of aromatic amines is 1. The number of hydrogen-bond acceptors (Lipinski definition) is 4. The van der Waals surface area contributed by atoms with Crippen LogP contribution in [0.3, 0.4) is 0 Å². The Bertz CT molecular complexity index is 1130. The molecule has 0 unspecified atom stereocenters. The first kappa shape index (κ1) is 18.6. The number of anilines is 3. The first-order chi connectivity index (χ1) is 13.9. The third kappa shape index (κ3) is 3.66. The molecule has 3 amide bonds. The lowest BCUT2D eigenvalue weighted by Crippen LogP contribution is -2.28. The number of carbonyl (C=O) groups excluding carboxylic acids is 3. The maximum absolute atomic E-state index is 14.2. The fraction of sp³-hybridized carbons (Fsp3) is 0.200. The van der Waals surface area contributed by atoms with E-state index in [-0.39, 0.29) is 41.9 Å². The number of H-pyrrole nitrogens is 1. The van der Waals surface area contributed by atoms with Gasteiger partial charge in [0.1, 0.15) is 5.82 Å². The predicted molar refractivity (Wildman–Crippen MR) is 106 cm³/mol. The van der Waals surface area contributed by atoms with Gasteiger partial charge in [-0.2, -0.15) is 5.10 Å². The second-order valence-corrected chi connectivity index (χ2v) is 6.87. The minimum Gasteiger partial charge on any atom is -0.326 e. The fourth-order valence-electron chi connectivity index (χ4n) is 3.42. The summed E-state index contributed by atoms with van der Waals surface area (Å²) in [6.45, 7) is 1.50. The molecular weight excluding hydrogens is 377 g/mol. The summed E-state index contributed by atoms with van der Waals surface area (Å²) in [4.78, 5) is 37.7. The summed E-state index contributed by atoms with van der Waals surface area (Å²) in [5, 5.41) is 12.4. The minimum atomic E-state index is -0.606. The number of nitrogens with zero attached hydrogens (tertiary/aromatic N) is 2. The fourth-order valence-corrected chi connectivity index (χ4v) is 3.42. The zero-order valence-corrected chi connectivity index (χ0v) is 15.5. The van der Waals surface area contributed by atoms with Crippen molar-refractivity contribution >= 4 is 45.8 Å². The van der Waals surface area contributed by atoms with Crippen molar-refractivity contribution in [1.82, 2.24) is 10.2 Å². The summed E-state index contributed by atoms with van der Waals surface area (Å²) in [6.07, 6.45) is 0.0000257. The molecule has 0 radical (unpaired) electrons. The lowest BCUT2D eigenvalue weighted by atomic mass is 10.1. The Morgan fingerprint density at radius 1 is 1.17 bits per heavy atom. The zero-order chi connectivity index (χ0) is 20.5. The SMILES string of the molecule is CC(=O)Nc1cccc(NC(=O)[C@@H]2CC(=O)N(c3n[nH]c4cccc(F)c34)C2)c1. The Morgan fingerprint density at radius 3 is 2.66 bits per heavy atom. The van der Waals surface area contributed by atoms with Crippen LogP contribution in [-0.2, 0) is 14.4 Å². The molecule has 2 heterocycles. The molecule has 1 aliphatic rings.